The minimum Gasteiger partial charge on any atom is -0.478 e. The van der Waals surface area contributed by atoms with Gasteiger partial charge in [-0.15, -0.1) is 11.3 Å². The molecule has 0 amide bonds. The van der Waals surface area contributed by atoms with Gasteiger partial charge in [0, 0.05) is 4.88 Å². The van der Waals surface area contributed by atoms with E-state index >= 15 is 0 Å². The third-order valence-electron chi connectivity index (χ3n) is 5.11. The van der Waals surface area contributed by atoms with Gasteiger partial charge in [0.2, 0.25) is 0 Å². The molecule has 0 atom stereocenters. The predicted octanol–water partition coefficient (Wildman–Crippen LogP) is 6.14. The van der Waals surface area contributed by atoms with Crippen LogP contribution in [0.1, 0.15) is 45.8 Å². The van der Waals surface area contributed by atoms with Gasteiger partial charge in [-0.25, -0.2) is 13.2 Å². The van der Waals surface area contributed by atoms with Crippen LogP contribution < -0.4 is 0 Å². The molecule has 0 aliphatic heterocycles. The number of hydrogen-bond donors (Lipinski definition) is 1. The molecule has 0 radical (unpaired) electrons. The highest BCUT2D eigenvalue weighted by molar-refractivity contribution is 7.90. The first-order valence-corrected chi connectivity index (χ1v) is 12.5. The minimum absolute atomic E-state index is 0.0264. The Bertz CT molecular complexity index is 1350. The Morgan fingerprint density at radius 3 is 2.48 bits per heavy atom. The summed E-state index contributed by atoms with van der Waals surface area (Å²) in [6, 6.07) is 12.8. The molecule has 1 aromatic heterocycles. The third kappa shape index (κ3) is 4.48. The predicted molar refractivity (Wildman–Crippen MR) is 121 cm³/mol. The van der Waals surface area contributed by atoms with E-state index in [1.54, 1.807) is 24.3 Å². The fourth-order valence-corrected chi connectivity index (χ4v) is 6.47. The van der Waals surface area contributed by atoms with E-state index in [0.29, 0.717) is 21.0 Å². The van der Waals surface area contributed by atoms with Crippen molar-refractivity contribution in [1.82, 2.24) is 0 Å². The summed E-state index contributed by atoms with van der Waals surface area (Å²) < 4.78 is 27.5. The Morgan fingerprint density at radius 2 is 1.90 bits per heavy atom. The van der Waals surface area contributed by atoms with Crippen LogP contribution in [0.3, 0.4) is 0 Å². The van der Waals surface area contributed by atoms with E-state index in [-0.39, 0.29) is 27.0 Å². The second-order valence-electron chi connectivity index (χ2n) is 7.30. The molecule has 0 saturated heterocycles. The highest BCUT2D eigenvalue weighted by Gasteiger charge is 2.32. The average molecular weight is 492 g/mol. The molecule has 1 heterocycles. The zero-order valence-corrected chi connectivity index (χ0v) is 19.1. The molecule has 1 aliphatic carbocycles. The normalized spacial score (nSPS) is 13.7. The molecule has 9 heteroatoms. The van der Waals surface area contributed by atoms with Crippen molar-refractivity contribution in [3.63, 3.8) is 0 Å². The number of carbonyl (C=O) groups is 1. The Morgan fingerprint density at radius 1 is 1.16 bits per heavy atom. The third-order valence-corrected chi connectivity index (χ3v) is 8.40. The number of thiophene rings is 1. The second kappa shape index (κ2) is 8.29. The van der Waals surface area contributed by atoms with Crippen molar-refractivity contribution in [2.45, 2.75) is 29.4 Å². The van der Waals surface area contributed by atoms with Crippen LogP contribution in [0.15, 0.2) is 47.4 Å². The zero-order valence-electron chi connectivity index (χ0n) is 15.9. The van der Waals surface area contributed by atoms with Crippen LogP contribution in [0.2, 0.25) is 9.36 Å². The first-order valence-electron chi connectivity index (χ1n) is 9.28. The molecule has 158 valence electrons. The molecule has 4 rings (SSSR count). The molecule has 1 aliphatic rings. The highest BCUT2D eigenvalue weighted by Crippen LogP contribution is 2.44. The summed E-state index contributed by atoms with van der Waals surface area (Å²) in [5.74, 6) is -1.47. The van der Waals surface area contributed by atoms with Crippen molar-refractivity contribution in [2.75, 3.05) is 0 Å². The second-order valence-corrected chi connectivity index (χ2v) is 11.4. The molecular formula is C22H15Cl2NO4S2. The summed E-state index contributed by atoms with van der Waals surface area (Å²) in [6.45, 7) is 0. The van der Waals surface area contributed by atoms with Gasteiger partial charge in [0.25, 0.3) is 0 Å². The fraction of sp³-hybridized carbons (Fsp3) is 0.182. The first kappa shape index (κ1) is 21.8. The maximum Gasteiger partial charge on any atom is 0.335 e. The van der Waals surface area contributed by atoms with Gasteiger partial charge in [0.15, 0.2) is 9.84 Å². The lowest BCUT2D eigenvalue weighted by Gasteiger charge is -2.14. The van der Waals surface area contributed by atoms with E-state index in [1.807, 2.05) is 6.07 Å². The number of nitriles is 1. The van der Waals surface area contributed by atoms with Crippen LogP contribution in [0.25, 0.3) is 10.4 Å². The number of aromatic carboxylic acids is 1. The molecule has 1 N–H and O–H groups in total. The monoisotopic (exact) mass is 491 g/mol. The van der Waals surface area contributed by atoms with Gasteiger partial charge in [-0.1, -0.05) is 29.3 Å². The summed E-state index contributed by atoms with van der Waals surface area (Å²) in [7, 11) is -3.91. The zero-order chi connectivity index (χ0) is 22.3. The number of halogens is 2. The lowest BCUT2D eigenvalue weighted by molar-refractivity contribution is 0.0696. The summed E-state index contributed by atoms with van der Waals surface area (Å²) in [5.41, 5.74) is 1.70. The molecular weight excluding hydrogens is 477 g/mol. The number of sulfone groups is 1. The SMILES string of the molecule is N#Cc1cc(CS(=O)(=O)c2cc(C(=O)O)ccc2C2CC2)c(-c2ccc(Cl)s2)cc1Cl. The number of carboxylic acid groups (broad SMARTS) is 1. The molecule has 0 bridgehead atoms. The lowest BCUT2D eigenvalue weighted by atomic mass is 10.0. The maximum absolute atomic E-state index is 13.5. The Labute approximate surface area is 193 Å². The smallest absolute Gasteiger partial charge is 0.335 e. The number of benzene rings is 2. The number of hydrogen-bond acceptors (Lipinski definition) is 5. The van der Waals surface area contributed by atoms with Crippen LogP contribution in [-0.4, -0.2) is 19.5 Å². The molecule has 1 fully saturated rings. The topological polar surface area (TPSA) is 95.2 Å². The lowest BCUT2D eigenvalue weighted by Crippen LogP contribution is -2.11. The van der Waals surface area contributed by atoms with E-state index in [9.17, 15) is 23.6 Å². The van der Waals surface area contributed by atoms with Gasteiger partial charge in [0.05, 0.1) is 31.1 Å². The van der Waals surface area contributed by atoms with Crippen LogP contribution in [-0.2, 0) is 15.6 Å². The number of rotatable bonds is 6. The summed E-state index contributed by atoms with van der Waals surface area (Å²) in [4.78, 5) is 12.2. The summed E-state index contributed by atoms with van der Waals surface area (Å²) in [6.07, 6.45) is 1.74. The molecule has 31 heavy (non-hydrogen) atoms. The summed E-state index contributed by atoms with van der Waals surface area (Å²) in [5, 5.41) is 18.9. The van der Waals surface area contributed by atoms with Crippen molar-refractivity contribution >= 4 is 50.3 Å². The van der Waals surface area contributed by atoms with Crippen LogP contribution in [0.4, 0.5) is 0 Å². The number of nitrogens with zero attached hydrogens (tertiary/aromatic N) is 1. The van der Waals surface area contributed by atoms with Gasteiger partial charge in [0.1, 0.15) is 6.07 Å². The molecule has 1 saturated carbocycles. The Hall–Kier alpha value is -2.37. The van der Waals surface area contributed by atoms with Gasteiger partial charge in [-0.2, -0.15) is 5.26 Å². The van der Waals surface area contributed by atoms with Crippen LogP contribution in [0, 0.1) is 11.3 Å². The molecule has 5 nitrogen and oxygen atoms in total. The van der Waals surface area contributed by atoms with E-state index in [2.05, 4.69) is 0 Å². The van der Waals surface area contributed by atoms with E-state index < -0.39 is 21.6 Å². The molecule has 0 spiro atoms. The van der Waals surface area contributed by atoms with Gasteiger partial charge in [-0.05, 0) is 71.8 Å². The minimum atomic E-state index is -3.91. The van der Waals surface area contributed by atoms with Crippen molar-refractivity contribution in [1.29, 1.82) is 5.26 Å². The molecule has 2 aromatic carbocycles. The highest BCUT2D eigenvalue weighted by atomic mass is 35.5. The maximum atomic E-state index is 13.5. The van der Waals surface area contributed by atoms with Crippen molar-refractivity contribution in [3.05, 3.63) is 74.1 Å². The van der Waals surface area contributed by atoms with Crippen LogP contribution in [0.5, 0.6) is 0 Å². The molecule has 0 unspecified atom stereocenters. The molecule has 3 aromatic rings. The summed E-state index contributed by atoms with van der Waals surface area (Å²) >= 11 is 13.5. The quantitative estimate of drug-likeness (QED) is 0.446. The first-order chi connectivity index (χ1) is 14.7. The van der Waals surface area contributed by atoms with Gasteiger partial charge in [-0.3, -0.25) is 0 Å². The van der Waals surface area contributed by atoms with E-state index in [1.165, 1.54) is 29.5 Å². The Balaban J connectivity index is 1.85. The largest absolute Gasteiger partial charge is 0.478 e. The Kier molecular flexibility index (Phi) is 5.84. The van der Waals surface area contributed by atoms with Crippen molar-refractivity contribution in [2.24, 2.45) is 0 Å². The average Bonchev–Trinajstić information content (AvgIpc) is 3.49. The van der Waals surface area contributed by atoms with E-state index in [4.69, 9.17) is 23.2 Å². The number of carboxylic acids is 1. The van der Waals surface area contributed by atoms with E-state index in [0.717, 1.165) is 17.7 Å². The fourth-order valence-electron chi connectivity index (χ4n) is 3.46. The van der Waals surface area contributed by atoms with Gasteiger partial charge < -0.3 is 5.11 Å². The standard InChI is InChI=1S/C22H15Cl2NO4S2/c23-18-9-17(19-5-6-21(24)30-19)15(7-14(18)10-25)11-31(28,29)20-8-13(22(26)27)3-4-16(20)12-1-2-12/h3-9,12H,1-2,11H2,(H,26,27). The van der Waals surface area contributed by atoms with Crippen LogP contribution >= 0.6 is 34.5 Å². The van der Waals surface area contributed by atoms with Gasteiger partial charge >= 0.3 is 5.97 Å². The van der Waals surface area contributed by atoms with Crippen molar-refractivity contribution in [3.8, 4) is 16.5 Å². The van der Waals surface area contributed by atoms with Crippen molar-refractivity contribution < 1.29 is 18.3 Å².